The lowest BCUT2D eigenvalue weighted by molar-refractivity contribution is 0.0404. The molecule has 0 aliphatic carbocycles. The normalized spacial score (nSPS) is 18.0. The number of hydrogen-bond acceptors (Lipinski definition) is 6. The molecule has 3 N–H and O–H groups in total. The Hall–Kier alpha value is -0.240. The molecule has 6 heteroatoms. The fourth-order valence-electron chi connectivity index (χ4n) is 2.36. The Morgan fingerprint density at radius 2 is 1.05 bits per heavy atom. The van der Waals surface area contributed by atoms with Crippen LogP contribution < -0.4 is 0 Å². The lowest BCUT2D eigenvalue weighted by atomic mass is 10.2. The minimum atomic E-state index is -0.424. The van der Waals surface area contributed by atoms with Crippen molar-refractivity contribution in [3.05, 3.63) is 0 Å². The molecule has 6 nitrogen and oxygen atoms in total. The highest BCUT2D eigenvalue weighted by molar-refractivity contribution is 4.70. The van der Waals surface area contributed by atoms with Gasteiger partial charge in [-0.2, -0.15) is 0 Å². The van der Waals surface area contributed by atoms with Crippen LogP contribution in [0.25, 0.3) is 0 Å². The summed E-state index contributed by atoms with van der Waals surface area (Å²) in [6.45, 7) is 11.2. The van der Waals surface area contributed by atoms with Gasteiger partial charge in [-0.15, -0.1) is 0 Å². The minimum absolute atomic E-state index is 0.103. The van der Waals surface area contributed by atoms with Gasteiger partial charge in [0.05, 0.1) is 24.4 Å². The van der Waals surface area contributed by atoms with Gasteiger partial charge >= 0.3 is 0 Å². The van der Waals surface area contributed by atoms with Gasteiger partial charge in [0, 0.05) is 46.4 Å². The second-order valence-electron chi connectivity index (χ2n) is 6.11. The number of methoxy groups -OCH3 is 1. The maximum Gasteiger partial charge on any atom is 0.0670 e. The van der Waals surface area contributed by atoms with Crippen molar-refractivity contribution in [1.82, 2.24) is 9.80 Å². The SMILES string of the molecule is COC(C)CN(CCN(CC(C)O)CC(C)O)CC(C)O. The largest absolute Gasteiger partial charge is 0.392 e. The van der Waals surface area contributed by atoms with Crippen molar-refractivity contribution in [3.63, 3.8) is 0 Å². The molecule has 0 saturated heterocycles. The second kappa shape index (κ2) is 11.3. The Morgan fingerprint density at radius 3 is 1.33 bits per heavy atom. The molecule has 0 rings (SSSR count). The van der Waals surface area contributed by atoms with Gasteiger partial charge in [-0.25, -0.2) is 0 Å². The Balaban J connectivity index is 4.42. The van der Waals surface area contributed by atoms with Gasteiger partial charge in [-0.05, 0) is 27.7 Å². The monoisotopic (exact) mass is 306 g/mol. The molecular weight excluding hydrogens is 272 g/mol. The number of hydrogen-bond donors (Lipinski definition) is 3. The van der Waals surface area contributed by atoms with Crippen LogP contribution in [0.4, 0.5) is 0 Å². The third-order valence-electron chi connectivity index (χ3n) is 3.22. The fraction of sp³-hybridized carbons (Fsp3) is 1.00. The predicted octanol–water partition coefficient (Wildman–Crippen LogP) is -0.232. The molecule has 0 aromatic carbocycles. The fourth-order valence-corrected chi connectivity index (χ4v) is 2.36. The van der Waals surface area contributed by atoms with E-state index in [1.807, 2.05) is 11.8 Å². The molecule has 0 amide bonds. The second-order valence-corrected chi connectivity index (χ2v) is 6.11. The highest BCUT2D eigenvalue weighted by Gasteiger charge is 2.16. The average molecular weight is 306 g/mol. The molecule has 128 valence electrons. The van der Waals surface area contributed by atoms with Crippen molar-refractivity contribution in [3.8, 4) is 0 Å². The van der Waals surface area contributed by atoms with Crippen LogP contribution in [0.15, 0.2) is 0 Å². The zero-order valence-corrected chi connectivity index (χ0v) is 14.2. The number of aliphatic hydroxyl groups is 3. The van der Waals surface area contributed by atoms with E-state index in [0.29, 0.717) is 19.6 Å². The van der Waals surface area contributed by atoms with Crippen LogP contribution in [0.1, 0.15) is 27.7 Å². The van der Waals surface area contributed by atoms with Gasteiger partial charge in [-0.1, -0.05) is 0 Å². The van der Waals surface area contributed by atoms with Gasteiger partial charge in [0.25, 0.3) is 0 Å². The van der Waals surface area contributed by atoms with Gasteiger partial charge in [0.15, 0.2) is 0 Å². The number of rotatable bonds is 12. The zero-order valence-electron chi connectivity index (χ0n) is 14.2. The van der Waals surface area contributed by atoms with E-state index in [9.17, 15) is 15.3 Å². The summed E-state index contributed by atoms with van der Waals surface area (Å²) < 4.78 is 5.28. The Bertz CT molecular complexity index is 240. The van der Waals surface area contributed by atoms with E-state index in [1.165, 1.54) is 0 Å². The number of nitrogens with zero attached hydrogens (tertiary/aromatic N) is 2. The average Bonchev–Trinajstić information content (AvgIpc) is 2.33. The van der Waals surface area contributed by atoms with Crippen molar-refractivity contribution in [1.29, 1.82) is 0 Å². The highest BCUT2D eigenvalue weighted by Crippen LogP contribution is 2.01. The standard InChI is InChI=1S/C15H34N2O4/c1-12(18)8-16(9-13(2)19)6-7-17(10-14(3)20)11-15(4)21-5/h12-15,18-20H,6-11H2,1-5H3. The van der Waals surface area contributed by atoms with Gasteiger partial charge in [0.2, 0.25) is 0 Å². The molecule has 0 radical (unpaired) electrons. The van der Waals surface area contributed by atoms with Gasteiger partial charge < -0.3 is 20.1 Å². The van der Waals surface area contributed by atoms with Crippen LogP contribution in [0.3, 0.4) is 0 Å². The summed E-state index contributed by atoms with van der Waals surface area (Å²) in [5, 5.41) is 28.7. The van der Waals surface area contributed by atoms with E-state index >= 15 is 0 Å². The lowest BCUT2D eigenvalue weighted by Crippen LogP contribution is -2.44. The molecule has 4 atom stereocenters. The topological polar surface area (TPSA) is 76.4 Å². The first-order valence-corrected chi connectivity index (χ1v) is 7.76. The Labute approximate surface area is 129 Å². The van der Waals surface area contributed by atoms with E-state index in [1.54, 1.807) is 27.9 Å². The molecule has 0 fully saturated rings. The number of ether oxygens (including phenoxy) is 1. The molecule has 0 aromatic rings. The molecule has 0 bridgehead atoms. The van der Waals surface area contributed by atoms with Crippen LogP contribution in [0.5, 0.6) is 0 Å². The van der Waals surface area contributed by atoms with Crippen molar-refractivity contribution in [2.45, 2.75) is 52.1 Å². The van der Waals surface area contributed by atoms with Crippen molar-refractivity contribution in [2.75, 3.05) is 46.4 Å². The molecule has 0 aromatic heterocycles. The minimum Gasteiger partial charge on any atom is -0.392 e. The van der Waals surface area contributed by atoms with Crippen LogP contribution in [0, 0.1) is 0 Å². The van der Waals surface area contributed by atoms with E-state index in [0.717, 1.165) is 19.6 Å². The summed E-state index contributed by atoms with van der Waals surface area (Å²) in [4.78, 5) is 4.19. The van der Waals surface area contributed by atoms with Crippen LogP contribution in [-0.2, 0) is 4.74 Å². The van der Waals surface area contributed by atoms with E-state index in [-0.39, 0.29) is 6.10 Å². The maximum atomic E-state index is 9.59. The molecule has 21 heavy (non-hydrogen) atoms. The van der Waals surface area contributed by atoms with E-state index < -0.39 is 18.3 Å². The lowest BCUT2D eigenvalue weighted by Gasteiger charge is -2.31. The molecule has 0 spiro atoms. The summed E-state index contributed by atoms with van der Waals surface area (Å²) in [7, 11) is 1.68. The first-order chi connectivity index (χ1) is 9.74. The van der Waals surface area contributed by atoms with Gasteiger partial charge in [-0.3, -0.25) is 9.80 Å². The zero-order chi connectivity index (χ0) is 16.4. The van der Waals surface area contributed by atoms with Crippen LogP contribution >= 0.6 is 0 Å². The highest BCUT2D eigenvalue weighted by atomic mass is 16.5. The van der Waals surface area contributed by atoms with Crippen molar-refractivity contribution in [2.24, 2.45) is 0 Å². The molecule has 0 heterocycles. The maximum absolute atomic E-state index is 9.59. The van der Waals surface area contributed by atoms with Crippen LogP contribution in [-0.4, -0.2) is 95.9 Å². The summed E-state index contributed by atoms with van der Waals surface area (Å²) in [5.74, 6) is 0. The third kappa shape index (κ3) is 12.0. The first kappa shape index (κ1) is 20.8. The van der Waals surface area contributed by atoms with Crippen molar-refractivity contribution < 1.29 is 20.1 Å². The molecule has 0 aliphatic rings. The van der Waals surface area contributed by atoms with Crippen molar-refractivity contribution >= 4 is 0 Å². The summed E-state index contributed by atoms with van der Waals surface area (Å²) >= 11 is 0. The van der Waals surface area contributed by atoms with Gasteiger partial charge in [0.1, 0.15) is 0 Å². The quantitative estimate of drug-likeness (QED) is 0.462. The number of aliphatic hydroxyl groups excluding tert-OH is 3. The summed E-state index contributed by atoms with van der Waals surface area (Å²) in [6, 6.07) is 0. The van der Waals surface area contributed by atoms with E-state index in [2.05, 4.69) is 4.90 Å². The Kier molecular flexibility index (Phi) is 11.2. The van der Waals surface area contributed by atoms with Crippen LogP contribution in [0.2, 0.25) is 0 Å². The molecule has 4 unspecified atom stereocenters. The van der Waals surface area contributed by atoms with E-state index in [4.69, 9.17) is 4.74 Å². The Morgan fingerprint density at radius 1 is 0.714 bits per heavy atom. The molecule has 0 aliphatic heterocycles. The summed E-state index contributed by atoms with van der Waals surface area (Å²) in [6.07, 6.45) is -1.14. The molecular formula is C15H34N2O4. The summed E-state index contributed by atoms with van der Waals surface area (Å²) in [5.41, 5.74) is 0. The molecule has 0 saturated carbocycles. The first-order valence-electron chi connectivity index (χ1n) is 7.76. The third-order valence-corrected chi connectivity index (χ3v) is 3.22. The smallest absolute Gasteiger partial charge is 0.0670 e. The predicted molar refractivity (Wildman–Crippen MR) is 84.4 cm³/mol.